The molecule has 0 saturated heterocycles. The van der Waals surface area contributed by atoms with Crippen LogP contribution in [-0.4, -0.2) is 16.9 Å². The van der Waals surface area contributed by atoms with Gasteiger partial charge in [0.15, 0.2) is 10.9 Å². The predicted octanol–water partition coefficient (Wildman–Crippen LogP) is 3.12. The number of carbonyl (C=O) groups excluding carboxylic acids is 1. The zero-order valence-electron chi connectivity index (χ0n) is 10.5. The predicted molar refractivity (Wildman–Crippen MR) is 78.1 cm³/mol. The molecule has 0 atom stereocenters. The van der Waals surface area contributed by atoms with Crippen molar-refractivity contribution in [3.05, 3.63) is 29.8 Å². The summed E-state index contributed by atoms with van der Waals surface area (Å²) in [6, 6.07) is 7.88. The van der Waals surface area contributed by atoms with E-state index in [1.54, 1.807) is 6.92 Å². The Morgan fingerprint density at radius 2 is 1.83 bits per heavy atom. The van der Waals surface area contributed by atoms with Crippen molar-refractivity contribution in [2.24, 2.45) is 0 Å². The number of anilines is 1. The van der Waals surface area contributed by atoms with Crippen LogP contribution in [0.1, 0.15) is 43.0 Å². The van der Waals surface area contributed by atoms with E-state index in [9.17, 15) is 4.79 Å². The van der Waals surface area contributed by atoms with Crippen LogP contribution in [0.4, 0.5) is 5.69 Å². The molecule has 0 radical (unpaired) electrons. The fourth-order valence-electron chi connectivity index (χ4n) is 2.21. The standard InChI is InChI=1S/C14H18N2OS/c1-10(17)11-6-8-13(9-7-11)16-14(18)15-12-4-2-3-5-12/h6-9,12H,2-5H2,1H3,(H2,15,16,18). The van der Waals surface area contributed by atoms with Gasteiger partial charge in [-0.1, -0.05) is 12.8 Å². The van der Waals surface area contributed by atoms with Crippen LogP contribution >= 0.6 is 12.2 Å². The zero-order valence-corrected chi connectivity index (χ0v) is 11.3. The highest BCUT2D eigenvalue weighted by Crippen LogP contribution is 2.18. The van der Waals surface area contributed by atoms with Crippen LogP contribution in [0.2, 0.25) is 0 Å². The van der Waals surface area contributed by atoms with Crippen molar-refractivity contribution < 1.29 is 4.79 Å². The maximum absolute atomic E-state index is 11.2. The molecule has 2 rings (SSSR count). The van der Waals surface area contributed by atoms with Gasteiger partial charge in [-0.15, -0.1) is 0 Å². The van der Waals surface area contributed by atoms with Crippen LogP contribution in [0, 0.1) is 0 Å². The van der Waals surface area contributed by atoms with Crippen LogP contribution in [0.15, 0.2) is 24.3 Å². The highest BCUT2D eigenvalue weighted by Gasteiger charge is 2.15. The summed E-state index contributed by atoms with van der Waals surface area (Å²) in [5, 5.41) is 7.13. The number of rotatable bonds is 3. The molecular formula is C14H18N2OS. The largest absolute Gasteiger partial charge is 0.360 e. The second kappa shape index (κ2) is 5.96. The fraction of sp³-hybridized carbons (Fsp3) is 0.429. The van der Waals surface area contributed by atoms with Crippen molar-refractivity contribution >= 4 is 28.8 Å². The van der Waals surface area contributed by atoms with E-state index < -0.39 is 0 Å². The first kappa shape index (κ1) is 13.0. The highest BCUT2D eigenvalue weighted by molar-refractivity contribution is 7.80. The topological polar surface area (TPSA) is 41.1 Å². The summed E-state index contributed by atoms with van der Waals surface area (Å²) in [6.45, 7) is 1.56. The van der Waals surface area contributed by atoms with Gasteiger partial charge in [0.2, 0.25) is 0 Å². The normalized spacial score (nSPS) is 15.4. The Morgan fingerprint density at radius 3 is 2.39 bits per heavy atom. The number of ketones is 1. The molecule has 2 N–H and O–H groups in total. The molecule has 1 fully saturated rings. The van der Waals surface area contributed by atoms with E-state index in [4.69, 9.17) is 12.2 Å². The smallest absolute Gasteiger partial charge is 0.170 e. The number of benzene rings is 1. The molecule has 0 heterocycles. The van der Waals surface area contributed by atoms with E-state index >= 15 is 0 Å². The lowest BCUT2D eigenvalue weighted by molar-refractivity contribution is 0.101. The molecule has 0 aromatic heterocycles. The van der Waals surface area contributed by atoms with Gasteiger partial charge in [0.1, 0.15) is 0 Å². The third kappa shape index (κ3) is 3.53. The van der Waals surface area contributed by atoms with Crippen molar-refractivity contribution in [2.45, 2.75) is 38.6 Å². The highest BCUT2D eigenvalue weighted by atomic mass is 32.1. The lowest BCUT2D eigenvalue weighted by atomic mass is 10.1. The summed E-state index contributed by atoms with van der Waals surface area (Å²) in [5.74, 6) is 0.0770. The molecule has 1 aliphatic carbocycles. The summed E-state index contributed by atoms with van der Waals surface area (Å²) < 4.78 is 0. The Kier molecular flexibility index (Phi) is 4.31. The molecule has 0 spiro atoms. The van der Waals surface area contributed by atoms with Crippen LogP contribution in [-0.2, 0) is 0 Å². The Bertz CT molecular complexity index is 436. The molecule has 1 aliphatic rings. The summed E-state index contributed by atoms with van der Waals surface area (Å²) in [7, 11) is 0. The van der Waals surface area contributed by atoms with Gasteiger partial charge in [-0.3, -0.25) is 4.79 Å². The van der Waals surface area contributed by atoms with Crippen LogP contribution < -0.4 is 10.6 Å². The van der Waals surface area contributed by atoms with Gasteiger partial charge in [0, 0.05) is 17.3 Å². The van der Waals surface area contributed by atoms with Crippen molar-refractivity contribution in [3.8, 4) is 0 Å². The van der Waals surface area contributed by atoms with Crippen LogP contribution in [0.5, 0.6) is 0 Å². The molecule has 1 saturated carbocycles. The van der Waals surface area contributed by atoms with Crippen molar-refractivity contribution in [3.63, 3.8) is 0 Å². The first-order valence-corrected chi connectivity index (χ1v) is 6.74. The molecule has 0 bridgehead atoms. The molecule has 0 aliphatic heterocycles. The Hall–Kier alpha value is -1.42. The second-order valence-corrected chi connectivity index (χ2v) is 5.12. The Balaban J connectivity index is 1.88. The van der Waals surface area contributed by atoms with Gasteiger partial charge in [-0.2, -0.15) is 0 Å². The Labute approximate surface area is 113 Å². The van der Waals surface area contributed by atoms with Crippen molar-refractivity contribution in [1.29, 1.82) is 0 Å². The van der Waals surface area contributed by atoms with Gasteiger partial charge in [-0.25, -0.2) is 0 Å². The van der Waals surface area contributed by atoms with E-state index in [-0.39, 0.29) is 5.78 Å². The van der Waals surface area contributed by atoms with E-state index in [1.807, 2.05) is 24.3 Å². The van der Waals surface area contributed by atoms with Crippen molar-refractivity contribution in [2.75, 3.05) is 5.32 Å². The number of carbonyl (C=O) groups is 1. The van der Waals surface area contributed by atoms with Gasteiger partial charge < -0.3 is 10.6 Å². The minimum atomic E-state index is 0.0770. The molecule has 18 heavy (non-hydrogen) atoms. The molecule has 4 heteroatoms. The van der Waals surface area contributed by atoms with Crippen LogP contribution in [0.3, 0.4) is 0 Å². The van der Waals surface area contributed by atoms with E-state index in [0.717, 1.165) is 11.3 Å². The third-order valence-electron chi connectivity index (χ3n) is 3.24. The number of hydrogen-bond acceptors (Lipinski definition) is 2. The maximum atomic E-state index is 11.2. The number of thiocarbonyl (C=S) groups is 1. The zero-order chi connectivity index (χ0) is 13.0. The molecule has 0 unspecified atom stereocenters. The fourth-order valence-corrected chi connectivity index (χ4v) is 2.50. The summed E-state index contributed by atoms with van der Waals surface area (Å²) in [6.07, 6.45) is 4.97. The molecule has 1 aromatic rings. The summed E-state index contributed by atoms with van der Waals surface area (Å²) in [4.78, 5) is 11.2. The summed E-state index contributed by atoms with van der Waals surface area (Å²) in [5.41, 5.74) is 1.63. The van der Waals surface area contributed by atoms with Gasteiger partial charge >= 0.3 is 0 Å². The van der Waals surface area contributed by atoms with Gasteiger partial charge in [0.05, 0.1) is 0 Å². The monoisotopic (exact) mass is 262 g/mol. The van der Waals surface area contributed by atoms with E-state index in [1.165, 1.54) is 25.7 Å². The molecule has 96 valence electrons. The molecule has 0 amide bonds. The molecule has 1 aromatic carbocycles. The first-order valence-electron chi connectivity index (χ1n) is 6.33. The van der Waals surface area contributed by atoms with Crippen LogP contribution in [0.25, 0.3) is 0 Å². The maximum Gasteiger partial charge on any atom is 0.170 e. The third-order valence-corrected chi connectivity index (χ3v) is 3.46. The van der Waals surface area contributed by atoms with E-state index in [0.29, 0.717) is 11.2 Å². The Morgan fingerprint density at radius 1 is 1.22 bits per heavy atom. The average molecular weight is 262 g/mol. The first-order chi connectivity index (χ1) is 8.65. The number of Topliss-reactive ketones (excluding diaryl/α,β-unsaturated/α-hetero) is 1. The summed E-state index contributed by atoms with van der Waals surface area (Å²) >= 11 is 5.27. The lowest BCUT2D eigenvalue weighted by Crippen LogP contribution is -2.35. The molecule has 3 nitrogen and oxygen atoms in total. The average Bonchev–Trinajstić information content (AvgIpc) is 2.82. The quantitative estimate of drug-likeness (QED) is 0.648. The van der Waals surface area contributed by atoms with E-state index in [2.05, 4.69) is 10.6 Å². The molecular weight excluding hydrogens is 244 g/mol. The number of nitrogens with one attached hydrogen (secondary N) is 2. The minimum absolute atomic E-state index is 0.0770. The minimum Gasteiger partial charge on any atom is -0.360 e. The van der Waals surface area contributed by atoms with Gasteiger partial charge in [-0.05, 0) is 56.2 Å². The van der Waals surface area contributed by atoms with Crippen molar-refractivity contribution in [1.82, 2.24) is 5.32 Å². The SMILES string of the molecule is CC(=O)c1ccc(NC(=S)NC2CCCC2)cc1. The van der Waals surface area contributed by atoms with Gasteiger partial charge in [0.25, 0.3) is 0 Å². The second-order valence-electron chi connectivity index (χ2n) is 4.71. The lowest BCUT2D eigenvalue weighted by Gasteiger charge is -2.15. The number of hydrogen-bond donors (Lipinski definition) is 2.